The van der Waals surface area contributed by atoms with Crippen molar-refractivity contribution in [2.75, 3.05) is 20.8 Å². The Morgan fingerprint density at radius 1 is 1.28 bits per heavy atom. The molecule has 0 aliphatic heterocycles. The zero-order chi connectivity index (χ0) is 13.5. The summed E-state index contributed by atoms with van der Waals surface area (Å²) in [7, 11) is 3.17. The van der Waals surface area contributed by atoms with Crippen molar-refractivity contribution < 1.29 is 19.0 Å². The van der Waals surface area contributed by atoms with E-state index in [2.05, 4.69) is 15.9 Å². The number of carbonyl (C=O) groups excluding carboxylic acids is 1. The fourth-order valence-corrected chi connectivity index (χ4v) is 2.25. The van der Waals surface area contributed by atoms with Gasteiger partial charge in [0.05, 0.1) is 25.3 Å². The number of benzene rings is 1. The van der Waals surface area contributed by atoms with E-state index in [0.29, 0.717) is 30.9 Å². The number of esters is 1. The molecule has 0 bridgehead atoms. The van der Waals surface area contributed by atoms with Gasteiger partial charge in [0.1, 0.15) is 0 Å². The Morgan fingerprint density at radius 3 is 2.56 bits per heavy atom. The van der Waals surface area contributed by atoms with Crippen molar-refractivity contribution in [1.82, 2.24) is 0 Å². The SMILES string of the molecule is CCOC(=O)CCc1cc(Br)c(OC)c(OC)c1. The van der Waals surface area contributed by atoms with E-state index in [1.54, 1.807) is 21.1 Å². The van der Waals surface area contributed by atoms with E-state index in [4.69, 9.17) is 14.2 Å². The number of rotatable bonds is 6. The first-order valence-electron chi connectivity index (χ1n) is 5.68. The zero-order valence-electron chi connectivity index (χ0n) is 10.8. The molecule has 5 heteroatoms. The van der Waals surface area contributed by atoms with E-state index in [0.717, 1.165) is 10.0 Å². The maximum Gasteiger partial charge on any atom is 0.306 e. The molecule has 1 rings (SSSR count). The lowest BCUT2D eigenvalue weighted by molar-refractivity contribution is -0.143. The van der Waals surface area contributed by atoms with Crippen LogP contribution in [0.1, 0.15) is 18.9 Å². The van der Waals surface area contributed by atoms with E-state index in [-0.39, 0.29) is 5.97 Å². The molecule has 0 fully saturated rings. The molecule has 0 saturated heterocycles. The molecule has 1 aromatic carbocycles. The van der Waals surface area contributed by atoms with Crippen LogP contribution in [0, 0.1) is 0 Å². The summed E-state index contributed by atoms with van der Waals surface area (Å²) in [5, 5.41) is 0. The van der Waals surface area contributed by atoms with Crippen molar-refractivity contribution in [2.24, 2.45) is 0 Å². The summed E-state index contributed by atoms with van der Waals surface area (Å²) in [6, 6.07) is 3.78. The summed E-state index contributed by atoms with van der Waals surface area (Å²) in [5.74, 6) is 1.10. The molecule has 0 radical (unpaired) electrons. The van der Waals surface area contributed by atoms with Crippen LogP contribution in [0.3, 0.4) is 0 Å². The van der Waals surface area contributed by atoms with Gasteiger partial charge in [-0.25, -0.2) is 0 Å². The number of hydrogen-bond donors (Lipinski definition) is 0. The summed E-state index contributed by atoms with van der Waals surface area (Å²) in [6.45, 7) is 2.21. The predicted molar refractivity (Wildman–Crippen MR) is 72.2 cm³/mol. The quantitative estimate of drug-likeness (QED) is 0.757. The molecular weight excluding hydrogens is 300 g/mol. The minimum absolute atomic E-state index is 0.191. The Labute approximate surface area is 115 Å². The van der Waals surface area contributed by atoms with Gasteiger partial charge < -0.3 is 14.2 Å². The standard InChI is InChI=1S/C13H17BrO4/c1-4-18-12(15)6-5-9-7-10(14)13(17-3)11(8-9)16-2/h7-8H,4-6H2,1-3H3. The lowest BCUT2D eigenvalue weighted by Gasteiger charge is -2.11. The summed E-state index contributed by atoms with van der Waals surface area (Å²) in [4.78, 5) is 11.3. The lowest BCUT2D eigenvalue weighted by atomic mass is 10.1. The minimum Gasteiger partial charge on any atom is -0.493 e. The second-order valence-corrected chi connectivity index (χ2v) is 4.47. The first-order chi connectivity index (χ1) is 8.62. The van der Waals surface area contributed by atoms with Crippen LogP contribution >= 0.6 is 15.9 Å². The van der Waals surface area contributed by atoms with Gasteiger partial charge in [0, 0.05) is 6.42 Å². The van der Waals surface area contributed by atoms with Crippen LogP contribution in [0.4, 0.5) is 0 Å². The van der Waals surface area contributed by atoms with Gasteiger partial charge in [0.25, 0.3) is 0 Å². The molecule has 18 heavy (non-hydrogen) atoms. The molecule has 0 aromatic heterocycles. The molecule has 0 N–H and O–H groups in total. The number of hydrogen-bond acceptors (Lipinski definition) is 4. The maximum atomic E-state index is 11.3. The van der Waals surface area contributed by atoms with E-state index in [9.17, 15) is 4.79 Å². The third-order valence-electron chi connectivity index (χ3n) is 2.42. The van der Waals surface area contributed by atoms with Crippen LogP contribution in [0.2, 0.25) is 0 Å². The fourth-order valence-electron chi connectivity index (χ4n) is 1.60. The van der Waals surface area contributed by atoms with Gasteiger partial charge in [0.15, 0.2) is 11.5 Å². The molecule has 0 aliphatic rings. The number of aryl methyl sites for hydroxylation is 1. The molecule has 0 atom stereocenters. The third-order valence-corrected chi connectivity index (χ3v) is 3.01. The molecule has 0 spiro atoms. The maximum absolute atomic E-state index is 11.3. The van der Waals surface area contributed by atoms with Gasteiger partial charge in [-0.3, -0.25) is 4.79 Å². The normalized spacial score (nSPS) is 10.0. The van der Waals surface area contributed by atoms with Crippen molar-refractivity contribution in [1.29, 1.82) is 0 Å². The van der Waals surface area contributed by atoms with Gasteiger partial charge >= 0.3 is 5.97 Å². The lowest BCUT2D eigenvalue weighted by Crippen LogP contribution is -2.05. The van der Waals surface area contributed by atoms with E-state index < -0.39 is 0 Å². The number of carbonyl (C=O) groups is 1. The van der Waals surface area contributed by atoms with Crippen LogP contribution in [0.25, 0.3) is 0 Å². The van der Waals surface area contributed by atoms with Gasteiger partial charge in [-0.2, -0.15) is 0 Å². The first kappa shape index (κ1) is 14.8. The highest BCUT2D eigenvalue weighted by Gasteiger charge is 2.11. The zero-order valence-corrected chi connectivity index (χ0v) is 12.4. The average molecular weight is 317 g/mol. The van der Waals surface area contributed by atoms with Crippen molar-refractivity contribution in [3.8, 4) is 11.5 Å². The van der Waals surface area contributed by atoms with Gasteiger partial charge in [0.2, 0.25) is 0 Å². The van der Waals surface area contributed by atoms with E-state index >= 15 is 0 Å². The molecule has 0 saturated carbocycles. The summed E-state index contributed by atoms with van der Waals surface area (Å²) in [5.41, 5.74) is 0.993. The molecule has 1 aromatic rings. The first-order valence-corrected chi connectivity index (χ1v) is 6.47. The van der Waals surface area contributed by atoms with E-state index in [1.807, 2.05) is 12.1 Å². The minimum atomic E-state index is -0.191. The largest absolute Gasteiger partial charge is 0.493 e. The summed E-state index contributed by atoms with van der Waals surface area (Å²) >= 11 is 3.42. The highest BCUT2D eigenvalue weighted by molar-refractivity contribution is 9.10. The molecular formula is C13H17BrO4. The third kappa shape index (κ3) is 3.91. The van der Waals surface area contributed by atoms with Crippen LogP contribution in [0.5, 0.6) is 11.5 Å². The smallest absolute Gasteiger partial charge is 0.306 e. The monoisotopic (exact) mass is 316 g/mol. The topological polar surface area (TPSA) is 44.8 Å². The Bertz CT molecular complexity index is 418. The number of methoxy groups -OCH3 is 2. The van der Waals surface area contributed by atoms with Crippen LogP contribution in [0.15, 0.2) is 16.6 Å². The molecule has 0 heterocycles. The summed E-state index contributed by atoms with van der Waals surface area (Å²) < 4.78 is 16.2. The fraction of sp³-hybridized carbons (Fsp3) is 0.462. The van der Waals surface area contributed by atoms with Gasteiger partial charge in [-0.1, -0.05) is 0 Å². The summed E-state index contributed by atoms with van der Waals surface area (Å²) in [6.07, 6.45) is 0.966. The number of halogens is 1. The van der Waals surface area contributed by atoms with Gasteiger partial charge in [-0.05, 0) is 47.0 Å². The van der Waals surface area contributed by atoms with Gasteiger partial charge in [-0.15, -0.1) is 0 Å². The Balaban J connectivity index is 2.78. The molecule has 0 aliphatic carbocycles. The molecule has 0 unspecified atom stereocenters. The van der Waals surface area contributed by atoms with Crippen molar-refractivity contribution in [2.45, 2.75) is 19.8 Å². The predicted octanol–water partition coefficient (Wildman–Crippen LogP) is 2.96. The second kappa shape index (κ2) is 7.26. The number of ether oxygens (including phenoxy) is 3. The molecule has 0 amide bonds. The molecule has 4 nitrogen and oxygen atoms in total. The van der Waals surface area contributed by atoms with Crippen molar-refractivity contribution in [3.05, 3.63) is 22.2 Å². The highest BCUT2D eigenvalue weighted by Crippen LogP contribution is 2.36. The van der Waals surface area contributed by atoms with Crippen molar-refractivity contribution in [3.63, 3.8) is 0 Å². The van der Waals surface area contributed by atoms with Crippen LogP contribution in [-0.2, 0) is 16.0 Å². The van der Waals surface area contributed by atoms with E-state index in [1.165, 1.54) is 0 Å². The highest BCUT2D eigenvalue weighted by atomic mass is 79.9. The van der Waals surface area contributed by atoms with Crippen LogP contribution < -0.4 is 9.47 Å². The van der Waals surface area contributed by atoms with Crippen LogP contribution in [-0.4, -0.2) is 26.8 Å². The molecule has 100 valence electrons. The second-order valence-electron chi connectivity index (χ2n) is 3.62. The Hall–Kier alpha value is -1.23. The Kier molecular flexibility index (Phi) is 5.98. The Morgan fingerprint density at radius 2 is 2.00 bits per heavy atom. The van der Waals surface area contributed by atoms with Crippen molar-refractivity contribution >= 4 is 21.9 Å². The average Bonchev–Trinajstić information content (AvgIpc) is 2.36.